The van der Waals surface area contributed by atoms with Crippen molar-refractivity contribution in [1.29, 1.82) is 0 Å². The molecule has 0 aromatic rings. The van der Waals surface area contributed by atoms with Gasteiger partial charge in [-0.2, -0.15) is 5.10 Å². The van der Waals surface area contributed by atoms with Crippen molar-refractivity contribution in [2.75, 3.05) is 0 Å². The maximum absolute atomic E-state index is 5.28. The SMILES string of the molecule is CC(C)C1CCC(/C=N/NC(N)=S)CC1. The third kappa shape index (κ3) is 4.60. The van der Waals surface area contributed by atoms with E-state index in [0.29, 0.717) is 5.92 Å². The Morgan fingerprint density at radius 1 is 1.40 bits per heavy atom. The van der Waals surface area contributed by atoms with Crippen LogP contribution >= 0.6 is 12.2 Å². The Hall–Kier alpha value is -0.640. The highest BCUT2D eigenvalue weighted by molar-refractivity contribution is 7.80. The van der Waals surface area contributed by atoms with E-state index in [1.54, 1.807) is 0 Å². The van der Waals surface area contributed by atoms with Crippen LogP contribution in [-0.2, 0) is 0 Å². The molecule has 0 bridgehead atoms. The molecule has 15 heavy (non-hydrogen) atoms. The van der Waals surface area contributed by atoms with Crippen molar-refractivity contribution in [2.45, 2.75) is 39.5 Å². The van der Waals surface area contributed by atoms with E-state index in [1.165, 1.54) is 25.7 Å². The van der Waals surface area contributed by atoms with Gasteiger partial charge in [0.2, 0.25) is 0 Å². The lowest BCUT2D eigenvalue weighted by atomic mass is 9.77. The molecule has 0 aliphatic heterocycles. The molecule has 0 saturated heterocycles. The molecule has 4 heteroatoms. The normalized spacial score (nSPS) is 27.1. The Kier molecular flexibility index (Phi) is 5.02. The lowest BCUT2D eigenvalue weighted by Crippen LogP contribution is -2.25. The maximum atomic E-state index is 5.28. The van der Waals surface area contributed by atoms with Crippen LogP contribution in [0.4, 0.5) is 0 Å². The van der Waals surface area contributed by atoms with E-state index >= 15 is 0 Å². The molecule has 0 aromatic heterocycles. The summed E-state index contributed by atoms with van der Waals surface area (Å²) in [5.41, 5.74) is 7.88. The first-order valence-electron chi connectivity index (χ1n) is 5.68. The van der Waals surface area contributed by atoms with E-state index < -0.39 is 0 Å². The highest BCUT2D eigenvalue weighted by Gasteiger charge is 2.21. The molecular weight excluding hydrogens is 206 g/mol. The third-order valence-electron chi connectivity index (χ3n) is 3.22. The number of rotatable bonds is 3. The second-order valence-corrected chi connectivity index (χ2v) is 5.11. The topological polar surface area (TPSA) is 50.4 Å². The standard InChI is InChI=1S/C11H21N3S/c1-8(2)10-5-3-9(4-6-10)7-13-14-11(12)15/h7-10H,3-6H2,1-2H3,(H3,12,14,15)/b13-7+. The van der Waals surface area contributed by atoms with Crippen LogP contribution in [0.25, 0.3) is 0 Å². The second kappa shape index (κ2) is 6.05. The van der Waals surface area contributed by atoms with Crippen molar-refractivity contribution >= 4 is 23.5 Å². The molecule has 0 radical (unpaired) electrons. The van der Waals surface area contributed by atoms with Gasteiger partial charge in [-0.15, -0.1) is 0 Å². The molecule has 86 valence electrons. The van der Waals surface area contributed by atoms with Crippen LogP contribution in [0.15, 0.2) is 5.10 Å². The highest BCUT2D eigenvalue weighted by atomic mass is 32.1. The van der Waals surface area contributed by atoms with Gasteiger partial charge in [0.1, 0.15) is 0 Å². The Morgan fingerprint density at radius 2 is 2.00 bits per heavy atom. The molecule has 1 saturated carbocycles. The fourth-order valence-electron chi connectivity index (χ4n) is 2.17. The van der Waals surface area contributed by atoms with Crippen molar-refractivity contribution in [3.63, 3.8) is 0 Å². The first kappa shape index (κ1) is 12.4. The van der Waals surface area contributed by atoms with E-state index in [1.807, 2.05) is 6.21 Å². The van der Waals surface area contributed by atoms with Crippen LogP contribution in [0.1, 0.15) is 39.5 Å². The van der Waals surface area contributed by atoms with Crippen molar-refractivity contribution in [3.05, 3.63) is 0 Å². The van der Waals surface area contributed by atoms with Gasteiger partial charge in [-0.05, 0) is 55.7 Å². The van der Waals surface area contributed by atoms with Crippen molar-refractivity contribution in [2.24, 2.45) is 28.6 Å². The average molecular weight is 227 g/mol. The number of thiocarbonyl (C=S) groups is 1. The summed E-state index contributed by atoms with van der Waals surface area (Å²) in [5.74, 6) is 2.32. The summed E-state index contributed by atoms with van der Waals surface area (Å²) in [7, 11) is 0. The molecule has 0 spiro atoms. The summed E-state index contributed by atoms with van der Waals surface area (Å²) in [4.78, 5) is 0. The molecular formula is C11H21N3S. The number of hydrogen-bond acceptors (Lipinski definition) is 2. The van der Waals surface area contributed by atoms with E-state index in [0.717, 1.165) is 11.8 Å². The third-order valence-corrected chi connectivity index (χ3v) is 3.31. The van der Waals surface area contributed by atoms with Gasteiger partial charge < -0.3 is 5.73 Å². The molecule has 3 N–H and O–H groups in total. The Balaban J connectivity index is 2.25. The van der Waals surface area contributed by atoms with Crippen molar-refractivity contribution in [3.8, 4) is 0 Å². The number of nitrogens with two attached hydrogens (primary N) is 1. The van der Waals surface area contributed by atoms with Gasteiger partial charge in [-0.1, -0.05) is 13.8 Å². The number of hydrazone groups is 1. The molecule has 0 unspecified atom stereocenters. The molecule has 1 aliphatic carbocycles. The largest absolute Gasteiger partial charge is 0.375 e. The van der Waals surface area contributed by atoms with Gasteiger partial charge in [-0.25, -0.2) is 0 Å². The van der Waals surface area contributed by atoms with E-state index in [-0.39, 0.29) is 5.11 Å². The summed E-state index contributed by atoms with van der Waals surface area (Å²) in [6.45, 7) is 4.63. The zero-order valence-electron chi connectivity index (χ0n) is 9.57. The monoisotopic (exact) mass is 227 g/mol. The molecule has 0 atom stereocenters. The minimum Gasteiger partial charge on any atom is -0.375 e. The lowest BCUT2D eigenvalue weighted by Gasteiger charge is -2.28. The predicted molar refractivity (Wildman–Crippen MR) is 68.7 cm³/mol. The Morgan fingerprint density at radius 3 is 2.47 bits per heavy atom. The number of nitrogens with one attached hydrogen (secondary N) is 1. The first-order valence-corrected chi connectivity index (χ1v) is 6.09. The fourth-order valence-corrected chi connectivity index (χ4v) is 2.22. The molecule has 1 rings (SSSR count). The van der Waals surface area contributed by atoms with E-state index in [4.69, 9.17) is 5.73 Å². The second-order valence-electron chi connectivity index (χ2n) is 4.67. The van der Waals surface area contributed by atoms with E-state index in [9.17, 15) is 0 Å². The Bertz CT molecular complexity index is 230. The van der Waals surface area contributed by atoms with Crippen LogP contribution in [-0.4, -0.2) is 11.3 Å². The minimum atomic E-state index is 0.238. The molecule has 3 nitrogen and oxygen atoms in total. The predicted octanol–water partition coefficient (Wildman–Crippen LogP) is 2.27. The average Bonchev–Trinajstić information content (AvgIpc) is 2.18. The van der Waals surface area contributed by atoms with Gasteiger partial charge in [0.15, 0.2) is 5.11 Å². The first-order chi connectivity index (χ1) is 7.09. The quantitative estimate of drug-likeness (QED) is 0.442. The molecule has 0 aromatic carbocycles. The molecule has 0 amide bonds. The van der Waals surface area contributed by atoms with Gasteiger partial charge in [0, 0.05) is 6.21 Å². The van der Waals surface area contributed by atoms with Crippen LogP contribution in [0.5, 0.6) is 0 Å². The molecule has 0 heterocycles. The summed E-state index contributed by atoms with van der Waals surface area (Å²) in [5, 5.41) is 4.26. The summed E-state index contributed by atoms with van der Waals surface area (Å²) in [6, 6.07) is 0. The van der Waals surface area contributed by atoms with Crippen LogP contribution in [0, 0.1) is 17.8 Å². The minimum absolute atomic E-state index is 0.238. The van der Waals surface area contributed by atoms with Crippen molar-refractivity contribution in [1.82, 2.24) is 5.43 Å². The Labute approximate surface area is 97.5 Å². The molecule has 1 aliphatic rings. The molecule has 1 fully saturated rings. The number of hydrogen-bond donors (Lipinski definition) is 2. The van der Waals surface area contributed by atoms with Gasteiger partial charge in [0.25, 0.3) is 0 Å². The summed E-state index contributed by atoms with van der Waals surface area (Å²) >= 11 is 4.67. The van der Waals surface area contributed by atoms with Gasteiger partial charge in [-0.3, -0.25) is 5.43 Å². The zero-order valence-corrected chi connectivity index (χ0v) is 10.4. The van der Waals surface area contributed by atoms with Crippen molar-refractivity contribution < 1.29 is 0 Å². The van der Waals surface area contributed by atoms with Gasteiger partial charge >= 0.3 is 0 Å². The van der Waals surface area contributed by atoms with E-state index in [2.05, 4.69) is 36.6 Å². The maximum Gasteiger partial charge on any atom is 0.184 e. The smallest absolute Gasteiger partial charge is 0.184 e. The zero-order chi connectivity index (χ0) is 11.3. The van der Waals surface area contributed by atoms with Crippen LogP contribution in [0.2, 0.25) is 0 Å². The lowest BCUT2D eigenvalue weighted by molar-refractivity contribution is 0.257. The highest BCUT2D eigenvalue weighted by Crippen LogP contribution is 2.32. The summed E-state index contributed by atoms with van der Waals surface area (Å²) in [6.07, 6.45) is 7.08. The van der Waals surface area contributed by atoms with Crippen LogP contribution in [0.3, 0.4) is 0 Å². The van der Waals surface area contributed by atoms with Crippen LogP contribution < -0.4 is 11.2 Å². The fraction of sp³-hybridized carbons (Fsp3) is 0.818. The van der Waals surface area contributed by atoms with Gasteiger partial charge in [0.05, 0.1) is 0 Å². The summed E-state index contributed by atoms with van der Waals surface area (Å²) < 4.78 is 0. The number of nitrogens with zero attached hydrogens (tertiary/aromatic N) is 1.